The first-order valence-corrected chi connectivity index (χ1v) is 10.7. The fraction of sp³-hybridized carbons (Fsp3) is 0.316. The highest BCUT2D eigenvalue weighted by Crippen LogP contribution is 2.26. The largest absolute Gasteiger partial charge is 0.491 e. The Bertz CT molecular complexity index is 1010. The fourth-order valence-electron chi connectivity index (χ4n) is 2.72. The molecule has 1 amide bonds. The maximum absolute atomic E-state index is 12.7. The summed E-state index contributed by atoms with van der Waals surface area (Å²) in [7, 11) is -3.90. The van der Waals surface area contributed by atoms with E-state index in [1.54, 1.807) is 24.3 Å². The van der Waals surface area contributed by atoms with E-state index >= 15 is 0 Å². The zero-order valence-electron chi connectivity index (χ0n) is 16.5. The average Bonchev–Trinajstić information content (AvgIpc) is 2.60. The molecule has 0 heterocycles. The molecule has 0 radical (unpaired) electrons. The number of nitrogens with zero attached hydrogens (tertiary/aromatic N) is 2. The minimum atomic E-state index is -3.90. The molecule has 156 valence electrons. The van der Waals surface area contributed by atoms with Gasteiger partial charge in [-0.2, -0.15) is 0 Å². The van der Waals surface area contributed by atoms with Gasteiger partial charge in [0.15, 0.2) is 0 Å². The minimum absolute atomic E-state index is 0.0289. The maximum atomic E-state index is 12.7. The van der Waals surface area contributed by atoms with Crippen LogP contribution in [0.1, 0.15) is 20.8 Å². The number of benzene rings is 2. The predicted molar refractivity (Wildman–Crippen MR) is 111 cm³/mol. The van der Waals surface area contributed by atoms with Crippen LogP contribution in [0.15, 0.2) is 48.5 Å². The second-order valence-corrected chi connectivity index (χ2v) is 8.55. The van der Waals surface area contributed by atoms with Crippen molar-refractivity contribution >= 4 is 33.0 Å². The van der Waals surface area contributed by atoms with E-state index in [1.807, 2.05) is 13.8 Å². The van der Waals surface area contributed by atoms with Crippen LogP contribution in [0.2, 0.25) is 0 Å². The highest BCUT2D eigenvalue weighted by Gasteiger charge is 2.30. The highest BCUT2D eigenvalue weighted by molar-refractivity contribution is 7.92. The molecule has 0 aliphatic rings. The average molecular weight is 421 g/mol. The molecule has 0 saturated carbocycles. The Labute approximate surface area is 169 Å². The summed E-state index contributed by atoms with van der Waals surface area (Å²) in [6, 6.07) is 10.7. The number of sulfonamides is 1. The number of hydrogen-bond acceptors (Lipinski definition) is 6. The van der Waals surface area contributed by atoms with Gasteiger partial charge in [0, 0.05) is 23.9 Å². The Kier molecular flexibility index (Phi) is 6.80. The number of rotatable bonds is 8. The molecule has 0 aliphatic heterocycles. The van der Waals surface area contributed by atoms with Crippen LogP contribution in [0.5, 0.6) is 5.75 Å². The van der Waals surface area contributed by atoms with E-state index in [9.17, 15) is 23.3 Å². The van der Waals surface area contributed by atoms with E-state index in [-0.39, 0.29) is 17.5 Å². The number of carbonyl (C=O) groups excluding carboxylic acids is 1. The van der Waals surface area contributed by atoms with Gasteiger partial charge in [-0.3, -0.25) is 19.2 Å². The summed E-state index contributed by atoms with van der Waals surface area (Å²) in [6.45, 7) is 5.15. The Morgan fingerprint density at radius 3 is 2.38 bits per heavy atom. The number of non-ortho nitro benzene ring substituents is 1. The van der Waals surface area contributed by atoms with E-state index < -0.39 is 26.9 Å². The molecule has 9 nitrogen and oxygen atoms in total. The number of amides is 1. The summed E-state index contributed by atoms with van der Waals surface area (Å²) < 4.78 is 31.1. The van der Waals surface area contributed by atoms with Gasteiger partial charge in [0.25, 0.3) is 5.69 Å². The Balaban J connectivity index is 2.30. The zero-order valence-corrected chi connectivity index (χ0v) is 17.3. The summed E-state index contributed by atoms with van der Waals surface area (Å²) >= 11 is 0. The third-order valence-corrected chi connectivity index (χ3v) is 5.10. The second kappa shape index (κ2) is 8.91. The number of carbonyl (C=O) groups is 1. The molecular formula is C19H23N3O6S. The van der Waals surface area contributed by atoms with E-state index in [0.29, 0.717) is 11.4 Å². The van der Waals surface area contributed by atoms with Gasteiger partial charge in [-0.1, -0.05) is 12.1 Å². The molecule has 0 saturated heterocycles. The third kappa shape index (κ3) is 5.92. The topological polar surface area (TPSA) is 119 Å². The lowest BCUT2D eigenvalue weighted by Crippen LogP contribution is -2.45. The zero-order chi connectivity index (χ0) is 21.8. The van der Waals surface area contributed by atoms with Gasteiger partial charge < -0.3 is 10.1 Å². The lowest BCUT2D eigenvalue weighted by molar-refractivity contribution is -0.384. The third-order valence-electron chi connectivity index (χ3n) is 3.86. The summed E-state index contributed by atoms with van der Waals surface area (Å²) in [5, 5.41) is 13.7. The minimum Gasteiger partial charge on any atom is -0.491 e. The van der Waals surface area contributed by atoms with E-state index in [1.165, 1.54) is 25.1 Å². The van der Waals surface area contributed by atoms with Crippen molar-refractivity contribution in [2.24, 2.45) is 0 Å². The summed E-state index contributed by atoms with van der Waals surface area (Å²) in [5.74, 6) is -0.0345. The first-order chi connectivity index (χ1) is 13.5. The molecule has 0 spiro atoms. The van der Waals surface area contributed by atoms with Crippen molar-refractivity contribution in [3.63, 3.8) is 0 Å². The Hall–Kier alpha value is -3.14. The first kappa shape index (κ1) is 22.2. The predicted octanol–water partition coefficient (Wildman–Crippen LogP) is 3.18. The van der Waals surface area contributed by atoms with Gasteiger partial charge in [0.05, 0.1) is 23.0 Å². The van der Waals surface area contributed by atoms with Gasteiger partial charge in [-0.05, 0) is 39.0 Å². The van der Waals surface area contributed by atoms with Crippen LogP contribution >= 0.6 is 0 Å². The van der Waals surface area contributed by atoms with Crippen LogP contribution < -0.4 is 14.4 Å². The van der Waals surface area contributed by atoms with Crippen LogP contribution in [-0.4, -0.2) is 37.6 Å². The van der Waals surface area contributed by atoms with Gasteiger partial charge in [-0.25, -0.2) is 8.42 Å². The molecule has 2 aromatic rings. The van der Waals surface area contributed by atoms with Gasteiger partial charge >= 0.3 is 0 Å². The smallest absolute Gasteiger partial charge is 0.271 e. The molecule has 0 unspecified atom stereocenters. The SMILES string of the molecule is CC(C)Oc1cccc(NC(=O)[C@H](C)N(c2cccc([N+](=O)[O-])c2)S(C)(=O)=O)c1. The lowest BCUT2D eigenvalue weighted by atomic mass is 10.2. The van der Waals surface area contributed by atoms with Crippen LogP contribution in [0.3, 0.4) is 0 Å². The van der Waals surface area contributed by atoms with Crippen molar-refractivity contribution in [2.45, 2.75) is 32.9 Å². The standard InChI is InChI=1S/C19H23N3O6S/c1-13(2)28-18-10-5-7-15(11-18)20-19(23)14(3)21(29(4,26)27)16-8-6-9-17(12-16)22(24)25/h5-14H,1-4H3,(H,20,23)/t14-/m0/s1. The normalized spacial score (nSPS) is 12.3. The molecule has 1 atom stereocenters. The van der Waals surface area contributed by atoms with Gasteiger partial charge in [-0.15, -0.1) is 0 Å². The number of ether oxygens (including phenoxy) is 1. The second-order valence-electron chi connectivity index (χ2n) is 6.70. The molecule has 0 aromatic heterocycles. The van der Waals surface area contributed by atoms with Crippen molar-refractivity contribution in [1.29, 1.82) is 0 Å². The molecule has 1 N–H and O–H groups in total. The maximum Gasteiger partial charge on any atom is 0.271 e. The van der Waals surface area contributed by atoms with Crippen LogP contribution in [0.4, 0.5) is 17.1 Å². The summed E-state index contributed by atoms with van der Waals surface area (Å²) in [6.07, 6.45) is 0.890. The first-order valence-electron chi connectivity index (χ1n) is 8.80. The van der Waals surface area contributed by atoms with Gasteiger partial charge in [0.2, 0.25) is 15.9 Å². The lowest BCUT2D eigenvalue weighted by Gasteiger charge is -2.28. The molecule has 2 aromatic carbocycles. The summed E-state index contributed by atoms with van der Waals surface area (Å²) in [5.41, 5.74) is 0.191. The fourth-order valence-corrected chi connectivity index (χ4v) is 3.89. The van der Waals surface area contributed by atoms with E-state index in [0.717, 1.165) is 16.6 Å². The highest BCUT2D eigenvalue weighted by atomic mass is 32.2. The molecule has 10 heteroatoms. The molecule has 2 rings (SSSR count). The van der Waals surface area contributed by atoms with Gasteiger partial charge in [0.1, 0.15) is 11.8 Å². The number of nitro benzene ring substituents is 1. The molecule has 0 aliphatic carbocycles. The van der Waals surface area contributed by atoms with Crippen LogP contribution in [0.25, 0.3) is 0 Å². The van der Waals surface area contributed by atoms with E-state index in [4.69, 9.17) is 4.74 Å². The van der Waals surface area contributed by atoms with Crippen LogP contribution in [-0.2, 0) is 14.8 Å². The summed E-state index contributed by atoms with van der Waals surface area (Å²) in [4.78, 5) is 23.1. The Morgan fingerprint density at radius 2 is 1.79 bits per heavy atom. The van der Waals surface area contributed by atoms with Crippen molar-refractivity contribution in [2.75, 3.05) is 15.9 Å². The molecule has 0 fully saturated rings. The number of nitrogens with one attached hydrogen (secondary N) is 1. The van der Waals surface area contributed by atoms with Crippen molar-refractivity contribution in [1.82, 2.24) is 0 Å². The van der Waals surface area contributed by atoms with Crippen molar-refractivity contribution < 1.29 is 22.9 Å². The quantitative estimate of drug-likeness (QED) is 0.516. The Morgan fingerprint density at radius 1 is 1.14 bits per heavy atom. The van der Waals surface area contributed by atoms with Crippen LogP contribution in [0, 0.1) is 10.1 Å². The molecule has 29 heavy (non-hydrogen) atoms. The molecule has 0 bridgehead atoms. The van der Waals surface area contributed by atoms with Crippen molar-refractivity contribution in [3.8, 4) is 5.75 Å². The number of nitro groups is 1. The van der Waals surface area contributed by atoms with Crippen molar-refractivity contribution in [3.05, 3.63) is 58.6 Å². The molecular weight excluding hydrogens is 398 g/mol. The van der Waals surface area contributed by atoms with E-state index in [2.05, 4.69) is 5.32 Å². The number of anilines is 2. The number of hydrogen-bond donors (Lipinski definition) is 1. The monoisotopic (exact) mass is 421 g/mol.